The van der Waals surface area contributed by atoms with E-state index in [2.05, 4.69) is 17.9 Å². The first-order valence-corrected chi connectivity index (χ1v) is 8.21. The van der Waals surface area contributed by atoms with E-state index in [0.717, 1.165) is 31.7 Å². The Balaban J connectivity index is 0. The number of hydrogen-bond acceptors (Lipinski definition) is 3. The number of carbonyl (C=O) groups excluding carboxylic acids is 1. The number of amides is 1. The molecule has 0 saturated carbocycles. The summed E-state index contributed by atoms with van der Waals surface area (Å²) < 4.78 is 4.25. The first-order chi connectivity index (χ1) is 8.65. The third kappa shape index (κ3) is 10.9. The van der Waals surface area contributed by atoms with Crippen LogP contribution in [-0.2, 0) is 9.53 Å². The SMILES string of the molecule is CC.COC.CSCCCC(=O)N1CCC(C)C1. The van der Waals surface area contributed by atoms with E-state index < -0.39 is 0 Å². The van der Waals surface area contributed by atoms with Crippen molar-refractivity contribution in [2.75, 3.05) is 39.3 Å². The molecular weight excluding hydrogens is 246 g/mol. The fraction of sp³-hybridized carbons (Fsp3) is 0.929. The van der Waals surface area contributed by atoms with Gasteiger partial charge in [-0.25, -0.2) is 0 Å². The van der Waals surface area contributed by atoms with Crippen molar-refractivity contribution in [3.05, 3.63) is 0 Å². The zero-order valence-corrected chi connectivity index (χ0v) is 13.8. The van der Waals surface area contributed by atoms with Gasteiger partial charge in [-0.2, -0.15) is 11.8 Å². The highest BCUT2D eigenvalue weighted by atomic mass is 32.2. The van der Waals surface area contributed by atoms with Gasteiger partial charge in [0.15, 0.2) is 0 Å². The highest BCUT2D eigenvalue weighted by Crippen LogP contribution is 2.16. The van der Waals surface area contributed by atoms with Crippen molar-refractivity contribution < 1.29 is 9.53 Å². The van der Waals surface area contributed by atoms with Crippen molar-refractivity contribution in [1.82, 2.24) is 4.90 Å². The van der Waals surface area contributed by atoms with E-state index in [9.17, 15) is 4.79 Å². The van der Waals surface area contributed by atoms with Gasteiger partial charge in [-0.15, -0.1) is 0 Å². The van der Waals surface area contributed by atoms with Gasteiger partial charge in [0.05, 0.1) is 0 Å². The highest BCUT2D eigenvalue weighted by molar-refractivity contribution is 7.98. The molecule has 0 bridgehead atoms. The van der Waals surface area contributed by atoms with Crippen molar-refractivity contribution in [2.45, 2.75) is 40.0 Å². The number of carbonyl (C=O) groups is 1. The average Bonchev–Trinajstić information content (AvgIpc) is 2.80. The van der Waals surface area contributed by atoms with Crippen LogP contribution in [0.2, 0.25) is 0 Å². The third-order valence-corrected chi connectivity index (χ3v) is 3.21. The zero-order valence-electron chi connectivity index (χ0n) is 13.0. The summed E-state index contributed by atoms with van der Waals surface area (Å²) in [7, 11) is 3.25. The number of ether oxygens (including phenoxy) is 1. The molecule has 0 aromatic rings. The summed E-state index contributed by atoms with van der Waals surface area (Å²) >= 11 is 1.82. The van der Waals surface area contributed by atoms with Crippen LogP contribution in [0, 0.1) is 5.92 Å². The molecule has 1 amide bonds. The molecule has 0 spiro atoms. The quantitative estimate of drug-likeness (QED) is 0.739. The predicted octanol–water partition coefficient (Wildman–Crippen LogP) is 3.29. The molecule has 1 aliphatic heterocycles. The van der Waals surface area contributed by atoms with Gasteiger partial charge >= 0.3 is 0 Å². The summed E-state index contributed by atoms with van der Waals surface area (Å²) in [4.78, 5) is 13.6. The van der Waals surface area contributed by atoms with Crippen molar-refractivity contribution >= 4 is 17.7 Å². The minimum absolute atomic E-state index is 0.360. The minimum Gasteiger partial charge on any atom is -0.388 e. The maximum atomic E-state index is 11.6. The fourth-order valence-electron chi connectivity index (χ4n) is 1.69. The Kier molecular flexibility index (Phi) is 16.6. The van der Waals surface area contributed by atoms with Crippen LogP contribution in [0.15, 0.2) is 0 Å². The Morgan fingerprint density at radius 3 is 2.33 bits per heavy atom. The Labute approximate surface area is 118 Å². The van der Waals surface area contributed by atoms with Gasteiger partial charge in [0.1, 0.15) is 0 Å². The second-order valence-corrected chi connectivity index (χ2v) is 5.22. The average molecular weight is 277 g/mol. The summed E-state index contributed by atoms with van der Waals surface area (Å²) in [5, 5.41) is 0. The summed E-state index contributed by atoms with van der Waals surface area (Å²) in [5.41, 5.74) is 0. The molecule has 1 rings (SSSR count). The Hall–Kier alpha value is -0.220. The normalized spacial score (nSPS) is 17.4. The highest BCUT2D eigenvalue weighted by Gasteiger charge is 2.22. The van der Waals surface area contributed by atoms with E-state index in [1.807, 2.05) is 30.5 Å². The molecule has 0 aromatic heterocycles. The first kappa shape index (κ1) is 20.1. The molecule has 0 aliphatic carbocycles. The van der Waals surface area contributed by atoms with Crippen LogP contribution in [0.1, 0.15) is 40.0 Å². The largest absolute Gasteiger partial charge is 0.388 e. The number of nitrogens with zero attached hydrogens (tertiary/aromatic N) is 1. The van der Waals surface area contributed by atoms with Gasteiger partial charge < -0.3 is 9.64 Å². The van der Waals surface area contributed by atoms with Crippen LogP contribution in [0.3, 0.4) is 0 Å². The molecule has 1 fully saturated rings. The predicted molar refractivity (Wildman–Crippen MR) is 82.3 cm³/mol. The third-order valence-electron chi connectivity index (χ3n) is 2.52. The number of likely N-dealkylation sites (tertiary alicyclic amines) is 1. The lowest BCUT2D eigenvalue weighted by Crippen LogP contribution is -2.28. The maximum absolute atomic E-state index is 11.6. The first-order valence-electron chi connectivity index (χ1n) is 6.82. The van der Waals surface area contributed by atoms with E-state index >= 15 is 0 Å². The lowest BCUT2D eigenvalue weighted by molar-refractivity contribution is -0.130. The van der Waals surface area contributed by atoms with E-state index in [-0.39, 0.29) is 0 Å². The van der Waals surface area contributed by atoms with Crippen molar-refractivity contribution in [1.29, 1.82) is 0 Å². The van der Waals surface area contributed by atoms with Gasteiger partial charge in [0, 0.05) is 33.7 Å². The molecular formula is C14H31NO2S. The van der Waals surface area contributed by atoms with E-state index in [4.69, 9.17) is 0 Å². The summed E-state index contributed by atoms with van der Waals surface area (Å²) in [6, 6.07) is 0. The van der Waals surface area contributed by atoms with Crippen LogP contribution >= 0.6 is 11.8 Å². The van der Waals surface area contributed by atoms with Crippen molar-refractivity contribution in [3.63, 3.8) is 0 Å². The van der Waals surface area contributed by atoms with Crippen molar-refractivity contribution in [3.8, 4) is 0 Å². The molecule has 1 saturated heterocycles. The van der Waals surface area contributed by atoms with Crippen LogP contribution in [0.25, 0.3) is 0 Å². The molecule has 110 valence electrons. The maximum Gasteiger partial charge on any atom is 0.222 e. The van der Waals surface area contributed by atoms with Gasteiger partial charge in [-0.3, -0.25) is 4.79 Å². The van der Waals surface area contributed by atoms with Crippen LogP contribution < -0.4 is 0 Å². The van der Waals surface area contributed by atoms with Gasteiger partial charge in [-0.1, -0.05) is 20.8 Å². The van der Waals surface area contributed by atoms with E-state index in [0.29, 0.717) is 11.8 Å². The molecule has 3 nitrogen and oxygen atoms in total. The monoisotopic (exact) mass is 277 g/mol. The summed E-state index contributed by atoms with van der Waals surface area (Å²) in [5.74, 6) is 2.18. The van der Waals surface area contributed by atoms with Gasteiger partial charge in [-0.05, 0) is 30.8 Å². The topological polar surface area (TPSA) is 29.5 Å². The van der Waals surface area contributed by atoms with Crippen LogP contribution in [0.4, 0.5) is 0 Å². The van der Waals surface area contributed by atoms with Gasteiger partial charge in [0.2, 0.25) is 5.91 Å². The smallest absolute Gasteiger partial charge is 0.222 e. The second kappa shape index (κ2) is 14.8. The Bertz CT molecular complexity index is 189. The molecule has 0 radical (unpaired) electrons. The fourth-order valence-corrected chi connectivity index (χ4v) is 2.12. The Morgan fingerprint density at radius 1 is 1.39 bits per heavy atom. The standard InChI is InChI=1S/C10H19NOS.C2H6O.C2H6/c1-9-5-6-11(8-9)10(12)4-3-7-13-2;1-3-2;1-2/h9H,3-8H2,1-2H3;1-2H3;1-2H3. The lowest BCUT2D eigenvalue weighted by Gasteiger charge is -2.15. The molecule has 0 N–H and O–H groups in total. The molecule has 1 unspecified atom stereocenters. The summed E-state index contributed by atoms with van der Waals surface area (Å²) in [6.45, 7) is 8.19. The van der Waals surface area contributed by atoms with Crippen LogP contribution in [-0.4, -0.2) is 50.1 Å². The molecule has 1 atom stereocenters. The molecule has 1 heterocycles. The number of hydrogen-bond donors (Lipinski definition) is 0. The Morgan fingerprint density at radius 2 is 1.94 bits per heavy atom. The van der Waals surface area contributed by atoms with Gasteiger partial charge in [0.25, 0.3) is 0 Å². The number of methoxy groups -OCH3 is 1. The lowest BCUT2D eigenvalue weighted by atomic mass is 10.2. The molecule has 4 heteroatoms. The molecule has 0 aromatic carbocycles. The van der Waals surface area contributed by atoms with Crippen LogP contribution in [0.5, 0.6) is 0 Å². The second-order valence-electron chi connectivity index (χ2n) is 4.24. The minimum atomic E-state index is 0.360. The molecule has 18 heavy (non-hydrogen) atoms. The number of thioether (sulfide) groups is 1. The zero-order chi connectivity index (χ0) is 14.4. The molecule has 1 aliphatic rings. The summed E-state index contributed by atoms with van der Waals surface area (Å²) in [6.07, 6.45) is 5.05. The van der Waals surface area contributed by atoms with E-state index in [1.54, 1.807) is 14.2 Å². The van der Waals surface area contributed by atoms with Crippen molar-refractivity contribution in [2.24, 2.45) is 5.92 Å². The van der Waals surface area contributed by atoms with E-state index in [1.165, 1.54) is 6.42 Å². The number of rotatable bonds is 4.